The zero-order valence-corrected chi connectivity index (χ0v) is 10.0. The summed E-state index contributed by atoms with van der Waals surface area (Å²) in [5, 5.41) is 10.7. The van der Waals surface area contributed by atoms with Gasteiger partial charge in [-0.05, 0) is 18.1 Å². The fourth-order valence-corrected chi connectivity index (χ4v) is 1.40. The molecule has 16 heavy (non-hydrogen) atoms. The average molecular weight is 263 g/mol. The molecule has 4 nitrogen and oxygen atoms in total. The molecule has 0 aromatic heterocycles. The van der Waals surface area contributed by atoms with Gasteiger partial charge in [-0.2, -0.15) is 0 Å². The molecule has 0 bridgehead atoms. The van der Waals surface area contributed by atoms with Gasteiger partial charge in [0, 0.05) is 12.1 Å². The first-order valence-corrected chi connectivity index (χ1v) is 4.74. The van der Waals surface area contributed by atoms with E-state index in [1.54, 1.807) is 12.1 Å². The molecule has 88 valence electrons. The standard InChI is InChI=1S/C10H11ClN2O2.ClH/c1-2-3-9(12)7-4-5-8(11)10(6-7)13(14)15;/h2,4-6,9H,1,3,12H2;1H/t9-;/m1./s1. The lowest BCUT2D eigenvalue weighted by molar-refractivity contribution is -0.384. The van der Waals surface area contributed by atoms with Crippen LogP contribution in [0.4, 0.5) is 5.69 Å². The summed E-state index contributed by atoms with van der Waals surface area (Å²) in [6.07, 6.45) is 2.24. The van der Waals surface area contributed by atoms with E-state index in [0.29, 0.717) is 12.0 Å². The van der Waals surface area contributed by atoms with Gasteiger partial charge in [-0.15, -0.1) is 19.0 Å². The Morgan fingerprint density at radius 2 is 2.25 bits per heavy atom. The number of nitro groups is 1. The molecule has 0 radical (unpaired) electrons. The van der Waals surface area contributed by atoms with Crippen LogP contribution in [0.5, 0.6) is 0 Å². The van der Waals surface area contributed by atoms with Crippen molar-refractivity contribution in [1.29, 1.82) is 0 Å². The predicted octanol–water partition coefficient (Wildman–Crippen LogP) is 3.25. The molecule has 0 aliphatic carbocycles. The lowest BCUT2D eigenvalue weighted by atomic mass is 10.0. The Kier molecular flexibility index (Phi) is 6.03. The third-order valence-electron chi connectivity index (χ3n) is 2.02. The van der Waals surface area contributed by atoms with Crippen molar-refractivity contribution in [3.8, 4) is 0 Å². The van der Waals surface area contributed by atoms with Crippen molar-refractivity contribution in [3.05, 3.63) is 51.6 Å². The topological polar surface area (TPSA) is 69.2 Å². The number of halogens is 2. The SMILES string of the molecule is C=CC[C@@H](N)c1ccc(Cl)c([N+](=O)[O-])c1.Cl. The maximum absolute atomic E-state index is 10.6. The molecule has 1 aromatic carbocycles. The van der Waals surface area contributed by atoms with Crippen LogP contribution in [0.15, 0.2) is 30.9 Å². The minimum absolute atomic E-state index is 0. The zero-order valence-electron chi connectivity index (χ0n) is 8.43. The summed E-state index contributed by atoms with van der Waals surface area (Å²) in [4.78, 5) is 10.1. The third kappa shape index (κ3) is 3.48. The van der Waals surface area contributed by atoms with Crippen LogP contribution < -0.4 is 5.73 Å². The van der Waals surface area contributed by atoms with Gasteiger partial charge in [0.2, 0.25) is 0 Å². The molecule has 6 heteroatoms. The Morgan fingerprint density at radius 3 is 2.75 bits per heavy atom. The van der Waals surface area contributed by atoms with Gasteiger partial charge < -0.3 is 5.73 Å². The second-order valence-electron chi connectivity index (χ2n) is 3.10. The summed E-state index contributed by atoms with van der Waals surface area (Å²) < 4.78 is 0. The Hall–Kier alpha value is -1.10. The number of rotatable bonds is 4. The summed E-state index contributed by atoms with van der Waals surface area (Å²) in [6, 6.07) is 4.29. The Morgan fingerprint density at radius 1 is 1.62 bits per heavy atom. The number of nitro benzene ring substituents is 1. The summed E-state index contributed by atoms with van der Waals surface area (Å²) in [5.41, 5.74) is 6.36. The van der Waals surface area contributed by atoms with Crippen LogP contribution in [0.2, 0.25) is 5.02 Å². The number of hydrogen-bond acceptors (Lipinski definition) is 3. The normalized spacial score (nSPS) is 11.4. The van der Waals surface area contributed by atoms with Gasteiger partial charge in [-0.1, -0.05) is 23.7 Å². The Balaban J connectivity index is 0.00000225. The molecule has 1 rings (SSSR count). The lowest BCUT2D eigenvalue weighted by Crippen LogP contribution is -2.09. The van der Waals surface area contributed by atoms with Gasteiger partial charge >= 0.3 is 0 Å². The monoisotopic (exact) mass is 262 g/mol. The second-order valence-corrected chi connectivity index (χ2v) is 3.51. The quantitative estimate of drug-likeness (QED) is 0.515. The molecule has 2 N–H and O–H groups in total. The van der Waals surface area contributed by atoms with Gasteiger partial charge in [0.25, 0.3) is 5.69 Å². The first-order chi connectivity index (χ1) is 7.06. The van der Waals surface area contributed by atoms with Crippen LogP contribution in [-0.2, 0) is 0 Å². The van der Waals surface area contributed by atoms with Gasteiger partial charge in [0.05, 0.1) is 4.92 Å². The van der Waals surface area contributed by atoms with Crippen molar-refractivity contribution >= 4 is 29.7 Å². The van der Waals surface area contributed by atoms with E-state index < -0.39 is 4.92 Å². The van der Waals surface area contributed by atoms with Crippen LogP contribution in [0.3, 0.4) is 0 Å². The maximum Gasteiger partial charge on any atom is 0.288 e. The van der Waals surface area contributed by atoms with Crippen LogP contribution in [-0.4, -0.2) is 4.92 Å². The van der Waals surface area contributed by atoms with E-state index in [-0.39, 0.29) is 29.2 Å². The van der Waals surface area contributed by atoms with E-state index >= 15 is 0 Å². The van der Waals surface area contributed by atoms with Crippen molar-refractivity contribution in [3.63, 3.8) is 0 Å². The van der Waals surface area contributed by atoms with Gasteiger partial charge in [0.15, 0.2) is 0 Å². The van der Waals surface area contributed by atoms with Crippen molar-refractivity contribution in [2.45, 2.75) is 12.5 Å². The van der Waals surface area contributed by atoms with E-state index in [4.69, 9.17) is 17.3 Å². The highest BCUT2D eigenvalue weighted by Gasteiger charge is 2.15. The van der Waals surface area contributed by atoms with E-state index in [0.717, 1.165) is 0 Å². The second kappa shape index (κ2) is 6.48. The molecule has 0 spiro atoms. The number of nitrogens with zero attached hydrogens (tertiary/aromatic N) is 1. The van der Waals surface area contributed by atoms with Crippen molar-refractivity contribution in [1.82, 2.24) is 0 Å². The number of hydrogen-bond donors (Lipinski definition) is 1. The summed E-state index contributed by atoms with van der Waals surface area (Å²) >= 11 is 5.67. The molecule has 0 amide bonds. The molecule has 1 atom stereocenters. The minimum atomic E-state index is -0.521. The van der Waals surface area contributed by atoms with Gasteiger partial charge in [-0.25, -0.2) is 0 Å². The van der Waals surface area contributed by atoms with E-state index in [1.165, 1.54) is 12.1 Å². The largest absolute Gasteiger partial charge is 0.324 e. The molecule has 1 aromatic rings. The Bertz CT molecular complexity index is 396. The van der Waals surface area contributed by atoms with Crippen molar-refractivity contribution in [2.24, 2.45) is 5.73 Å². The molecule has 0 saturated heterocycles. The smallest absolute Gasteiger partial charge is 0.288 e. The number of benzene rings is 1. The van der Waals surface area contributed by atoms with Gasteiger partial charge in [0.1, 0.15) is 5.02 Å². The summed E-state index contributed by atoms with van der Waals surface area (Å²) in [7, 11) is 0. The van der Waals surface area contributed by atoms with Crippen molar-refractivity contribution in [2.75, 3.05) is 0 Å². The van der Waals surface area contributed by atoms with Crippen LogP contribution in [0.25, 0.3) is 0 Å². The molecular formula is C10H12Cl2N2O2. The zero-order chi connectivity index (χ0) is 11.4. The fourth-order valence-electron chi connectivity index (χ4n) is 1.22. The third-order valence-corrected chi connectivity index (χ3v) is 2.34. The fraction of sp³-hybridized carbons (Fsp3) is 0.200. The van der Waals surface area contributed by atoms with E-state index in [2.05, 4.69) is 6.58 Å². The molecule has 0 saturated carbocycles. The average Bonchev–Trinajstić information content (AvgIpc) is 2.18. The highest BCUT2D eigenvalue weighted by atomic mass is 35.5. The lowest BCUT2D eigenvalue weighted by Gasteiger charge is -2.09. The molecular weight excluding hydrogens is 251 g/mol. The molecule has 0 fully saturated rings. The highest BCUT2D eigenvalue weighted by Crippen LogP contribution is 2.27. The van der Waals surface area contributed by atoms with Crippen LogP contribution in [0, 0.1) is 10.1 Å². The van der Waals surface area contributed by atoms with Gasteiger partial charge in [-0.3, -0.25) is 10.1 Å². The summed E-state index contributed by atoms with van der Waals surface area (Å²) in [5.74, 6) is 0. The van der Waals surface area contributed by atoms with E-state index in [9.17, 15) is 10.1 Å². The first-order valence-electron chi connectivity index (χ1n) is 4.36. The maximum atomic E-state index is 10.6. The summed E-state index contributed by atoms with van der Waals surface area (Å²) in [6.45, 7) is 3.56. The van der Waals surface area contributed by atoms with E-state index in [1.807, 2.05) is 0 Å². The highest BCUT2D eigenvalue weighted by molar-refractivity contribution is 6.32. The molecule has 0 aliphatic rings. The molecule has 0 heterocycles. The molecule has 0 unspecified atom stereocenters. The van der Waals surface area contributed by atoms with Crippen molar-refractivity contribution < 1.29 is 4.92 Å². The Labute approximate surface area is 105 Å². The molecule has 0 aliphatic heterocycles. The number of nitrogens with two attached hydrogens (primary N) is 1. The van der Waals surface area contributed by atoms with Crippen LogP contribution >= 0.6 is 24.0 Å². The minimum Gasteiger partial charge on any atom is -0.324 e. The predicted molar refractivity (Wildman–Crippen MR) is 67.1 cm³/mol. The van der Waals surface area contributed by atoms with Crippen LogP contribution in [0.1, 0.15) is 18.0 Å². The first kappa shape index (κ1) is 14.9.